The van der Waals surface area contributed by atoms with Crippen LogP contribution in [0, 0.1) is 0 Å². The molecule has 1 fully saturated rings. The van der Waals surface area contributed by atoms with E-state index in [9.17, 15) is 4.79 Å². The van der Waals surface area contributed by atoms with Crippen molar-refractivity contribution in [3.05, 3.63) is 22.4 Å². The lowest BCUT2D eigenvalue weighted by Crippen LogP contribution is -2.39. The van der Waals surface area contributed by atoms with E-state index >= 15 is 0 Å². The van der Waals surface area contributed by atoms with Gasteiger partial charge in [-0.3, -0.25) is 4.79 Å². The summed E-state index contributed by atoms with van der Waals surface area (Å²) in [5.41, 5.74) is 0. The van der Waals surface area contributed by atoms with Crippen LogP contribution in [0.5, 0.6) is 0 Å². The predicted molar refractivity (Wildman–Crippen MR) is 112 cm³/mol. The molecule has 0 aromatic carbocycles. The number of thiophene rings is 1. The van der Waals surface area contributed by atoms with Gasteiger partial charge in [-0.1, -0.05) is 12.5 Å². The second-order valence-corrected chi connectivity index (χ2v) is 6.78. The Bertz CT molecular complexity index is 493. The maximum Gasteiger partial charge on any atom is 0.222 e. The minimum Gasteiger partial charge on any atom is -0.357 e. The van der Waals surface area contributed by atoms with Crippen molar-refractivity contribution in [2.75, 3.05) is 26.2 Å². The Morgan fingerprint density at radius 1 is 1.33 bits per heavy atom. The quantitative estimate of drug-likeness (QED) is 0.282. The second kappa shape index (κ2) is 12.5. The molecule has 1 aromatic heterocycles. The molecule has 1 saturated heterocycles. The van der Waals surface area contributed by atoms with Crippen molar-refractivity contribution in [1.29, 1.82) is 0 Å². The van der Waals surface area contributed by atoms with E-state index in [-0.39, 0.29) is 24.0 Å². The summed E-state index contributed by atoms with van der Waals surface area (Å²) >= 11 is 1.73. The molecule has 7 heteroatoms. The highest BCUT2D eigenvalue weighted by Crippen LogP contribution is 2.11. The van der Waals surface area contributed by atoms with Crippen molar-refractivity contribution in [1.82, 2.24) is 15.5 Å². The van der Waals surface area contributed by atoms with E-state index in [1.807, 2.05) is 11.0 Å². The molecule has 0 atom stereocenters. The van der Waals surface area contributed by atoms with Crippen molar-refractivity contribution >= 4 is 47.2 Å². The fourth-order valence-electron chi connectivity index (χ4n) is 2.65. The summed E-state index contributed by atoms with van der Waals surface area (Å²) in [6.45, 7) is 6.22. The molecule has 2 heterocycles. The first kappa shape index (κ1) is 21.2. The SMILES string of the molecule is CCNC(=NCc1cccs1)NCCCN1CCCCCC1=O.I. The van der Waals surface area contributed by atoms with Crippen LogP contribution in [0.4, 0.5) is 0 Å². The number of hydrogen-bond donors (Lipinski definition) is 2. The van der Waals surface area contributed by atoms with Gasteiger partial charge in [-0.2, -0.15) is 0 Å². The molecule has 0 aliphatic carbocycles. The lowest BCUT2D eigenvalue weighted by atomic mass is 10.2. The molecular formula is C17H29IN4OS. The zero-order valence-electron chi connectivity index (χ0n) is 14.4. The first-order chi connectivity index (χ1) is 11.3. The molecule has 136 valence electrons. The molecule has 1 aromatic rings. The molecule has 1 amide bonds. The predicted octanol–water partition coefficient (Wildman–Crippen LogP) is 3.21. The minimum absolute atomic E-state index is 0. The summed E-state index contributed by atoms with van der Waals surface area (Å²) in [6, 6.07) is 4.15. The smallest absolute Gasteiger partial charge is 0.222 e. The highest BCUT2D eigenvalue weighted by Gasteiger charge is 2.15. The average molecular weight is 464 g/mol. The van der Waals surface area contributed by atoms with Crippen molar-refractivity contribution in [3.8, 4) is 0 Å². The van der Waals surface area contributed by atoms with Gasteiger partial charge in [0, 0.05) is 37.5 Å². The second-order valence-electron chi connectivity index (χ2n) is 5.75. The Kier molecular flexibility index (Phi) is 11.1. The van der Waals surface area contributed by atoms with Gasteiger partial charge < -0.3 is 15.5 Å². The van der Waals surface area contributed by atoms with Crippen LogP contribution in [0.15, 0.2) is 22.5 Å². The fourth-order valence-corrected chi connectivity index (χ4v) is 3.28. The van der Waals surface area contributed by atoms with Crippen LogP contribution in [0.3, 0.4) is 0 Å². The molecule has 0 bridgehead atoms. The van der Waals surface area contributed by atoms with Crippen LogP contribution in [-0.2, 0) is 11.3 Å². The Hall–Kier alpha value is -0.830. The van der Waals surface area contributed by atoms with Crippen LogP contribution in [0.1, 0.15) is 43.9 Å². The lowest BCUT2D eigenvalue weighted by Gasteiger charge is -2.20. The number of aliphatic imine (C=N–C) groups is 1. The Morgan fingerprint density at radius 2 is 2.21 bits per heavy atom. The number of guanidine groups is 1. The third kappa shape index (κ3) is 7.83. The van der Waals surface area contributed by atoms with Crippen LogP contribution in [0.25, 0.3) is 0 Å². The number of nitrogens with one attached hydrogen (secondary N) is 2. The maximum atomic E-state index is 11.9. The Labute approximate surface area is 166 Å². The van der Waals surface area contributed by atoms with Gasteiger partial charge in [0.2, 0.25) is 5.91 Å². The number of amides is 1. The van der Waals surface area contributed by atoms with E-state index < -0.39 is 0 Å². The number of halogens is 1. The number of carbonyl (C=O) groups is 1. The van der Waals surface area contributed by atoms with Gasteiger partial charge in [-0.25, -0.2) is 4.99 Å². The Morgan fingerprint density at radius 3 is 2.96 bits per heavy atom. The molecule has 2 N–H and O–H groups in total. The summed E-state index contributed by atoms with van der Waals surface area (Å²) in [7, 11) is 0. The van der Waals surface area contributed by atoms with E-state index in [1.165, 1.54) is 11.3 Å². The van der Waals surface area contributed by atoms with Gasteiger partial charge in [0.05, 0.1) is 6.54 Å². The van der Waals surface area contributed by atoms with Crippen LogP contribution in [-0.4, -0.2) is 42.9 Å². The monoisotopic (exact) mass is 464 g/mol. The van der Waals surface area contributed by atoms with E-state index in [4.69, 9.17) is 0 Å². The van der Waals surface area contributed by atoms with Crippen LogP contribution < -0.4 is 10.6 Å². The van der Waals surface area contributed by atoms with Gasteiger partial charge in [0.1, 0.15) is 0 Å². The van der Waals surface area contributed by atoms with Crippen molar-refractivity contribution < 1.29 is 4.79 Å². The van der Waals surface area contributed by atoms with Crippen molar-refractivity contribution in [2.24, 2.45) is 4.99 Å². The molecule has 0 unspecified atom stereocenters. The average Bonchev–Trinajstić information content (AvgIpc) is 2.99. The molecule has 1 aliphatic rings. The molecule has 5 nitrogen and oxygen atoms in total. The Balaban J connectivity index is 0.00000288. The van der Waals surface area contributed by atoms with Crippen LogP contribution >= 0.6 is 35.3 Å². The summed E-state index contributed by atoms with van der Waals surface area (Å²) in [4.78, 5) is 19.8. The number of nitrogens with zero attached hydrogens (tertiary/aromatic N) is 2. The van der Waals surface area contributed by atoms with Crippen LogP contribution in [0.2, 0.25) is 0 Å². The van der Waals surface area contributed by atoms with Crippen molar-refractivity contribution in [2.45, 2.75) is 45.6 Å². The van der Waals surface area contributed by atoms with Gasteiger partial charge in [-0.15, -0.1) is 35.3 Å². The topological polar surface area (TPSA) is 56.7 Å². The zero-order chi connectivity index (χ0) is 16.3. The zero-order valence-corrected chi connectivity index (χ0v) is 17.6. The van der Waals surface area contributed by atoms with E-state index in [2.05, 4.69) is 34.0 Å². The van der Waals surface area contributed by atoms with E-state index in [0.29, 0.717) is 12.5 Å². The maximum absolute atomic E-state index is 11.9. The largest absolute Gasteiger partial charge is 0.357 e. The first-order valence-electron chi connectivity index (χ1n) is 8.62. The summed E-state index contributed by atoms with van der Waals surface area (Å²) in [5, 5.41) is 8.70. The van der Waals surface area contributed by atoms with E-state index in [0.717, 1.165) is 57.8 Å². The number of likely N-dealkylation sites (tertiary alicyclic amines) is 1. The number of rotatable bonds is 7. The number of carbonyl (C=O) groups excluding carboxylic acids is 1. The number of hydrogen-bond acceptors (Lipinski definition) is 3. The summed E-state index contributed by atoms with van der Waals surface area (Å²) < 4.78 is 0. The van der Waals surface area contributed by atoms with Gasteiger partial charge >= 0.3 is 0 Å². The third-order valence-corrected chi connectivity index (χ3v) is 4.75. The highest BCUT2D eigenvalue weighted by molar-refractivity contribution is 14.0. The van der Waals surface area contributed by atoms with Crippen molar-refractivity contribution in [3.63, 3.8) is 0 Å². The molecule has 24 heavy (non-hydrogen) atoms. The molecular weight excluding hydrogens is 435 g/mol. The highest BCUT2D eigenvalue weighted by atomic mass is 127. The molecule has 0 spiro atoms. The fraction of sp³-hybridized carbons (Fsp3) is 0.647. The molecule has 2 rings (SSSR count). The first-order valence-corrected chi connectivity index (χ1v) is 9.50. The summed E-state index contributed by atoms with van der Waals surface area (Å²) in [5.74, 6) is 1.17. The lowest BCUT2D eigenvalue weighted by molar-refractivity contribution is -0.130. The standard InChI is InChI=1S/C17H28N4OS.HI/c1-2-18-17(20-14-15-8-6-13-23-15)19-10-7-12-21-11-5-3-4-9-16(21)22;/h6,8,13H,2-5,7,9-12,14H2,1H3,(H2,18,19,20);1H. The molecule has 0 radical (unpaired) electrons. The minimum atomic E-state index is 0. The normalized spacial score (nSPS) is 15.6. The third-order valence-electron chi connectivity index (χ3n) is 3.89. The van der Waals surface area contributed by atoms with Gasteiger partial charge in [0.25, 0.3) is 0 Å². The van der Waals surface area contributed by atoms with E-state index in [1.54, 1.807) is 11.3 Å². The van der Waals surface area contributed by atoms with Gasteiger partial charge in [0.15, 0.2) is 5.96 Å². The van der Waals surface area contributed by atoms with Gasteiger partial charge in [-0.05, 0) is 37.6 Å². The molecule has 1 aliphatic heterocycles. The molecule has 0 saturated carbocycles. The summed E-state index contributed by atoms with van der Waals surface area (Å²) in [6.07, 6.45) is 5.05.